The number of aryl methyl sites for hydroxylation is 1. The Hall–Kier alpha value is -2.39. The minimum absolute atomic E-state index is 0.0330. The topological polar surface area (TPSA) is 66.5 Å². The van der Waals surface area contributed by atoms with Crippen LogP contribution in [0.4, 0.5) is 13.2 Å². The van der Waals surface area contributed by atoms with Gasteiger partial charge >= 0.3 is 6.18 Å². The summed E-state index contributed by atoms with van der Waals surface area (Å²) in [5.74, 6) is -0.923. The molecule has 1 N–H and O–H groups in total. The number of nitrogens with zero attached hydrogens (tertiary/aromatic N) is 1. The quantitative estimate of drug-likeness (QED) is 0.754. The Morgan fingerprint density at radius 3 is 2.29 bits per heavy atom. The van der Waals surface area contributed by atoms with Crippen molar-refractivity contribution in [3.05, 3.63) is 65.2 Å². The number of sulfonamides is 1. The van der Waals surface area contributed by atoms with E-state index in [0.717, 1.165) is 11.1 Å². The summed E-state index contributed by atoms with van der Waals surface area (Å²) in [5, 5.41) is 1.75. The number of carbonyl (C=O) groups excluding carboxylic acids is 1. The zero-order valence-corrected chi connectivity index (χ0v) is 16.3. The van der Waals surface area contributed by atoms with E-state index in [1.54, 1.807) is 12.2 Å². The third-order valence-electron chi connectivity index (χ3n) is 4.00. The van der Waals surface area contributed by atoms with Crippen molar-refractivity contribution in [2.75, 3.05) is 13.1 Å². The molecule has 0 saturated heterocycles. The molecule has 0 bridgehead atoms. The van der Waals surface area contributed by atoms with Crippen molar-refractivity contribution in [1.29, 1.82) is 0 Å². The van der Waals surface area contributed by atoms with Gasteiger partial charge in [-0.25, -0.2) is 8.42 Å². The number of carbonyl (C=O) groups is 1. The molecule has 5 nitrogen and oxygen atoms in total. The Kier molecular flexibility index (Phi) is 6.84. The van der Waals surface area contributed by atoms with Crippen molar-refractivity contribution in [3.8, 4) is 0 Å². The summed E-state index contributed by atoms with van der Waals surface area (Å²) >= 11 is 0. The highest BCUT2D eigenvalue weighted by atomic mass is 32.2. The molecule has 0 aromatic heterocycles. The van der Waals surface area contributed by atoms with Gasteiger partial charge in [0.05, 0.1) is 4.90 Å². The van der Waals surface area contributed by atoms with Crippen LogP contribution in [0, 0.1) is 6.92 Å². The van der Waals surface area contributed by atoms with E-state index in [-0.39, 0.29) is 23.5 Å². The van der Waals surface area contributed by atoms with Gasteiger partial charge in [-0.15, -0.1) is 0 Å². The molecule has 0 saturated carbocycles. The van der Waals surface area contributed by atoms with Crippen LogP contribution < -0.4 is 5.32 Å². The second-order valence-corrected chi connectivity index (χ2v) is 8.18. The van der Waals surface area contributed by atoms with E-state index in [1.165, 1.54) is 28.6 Å². The first-order chi connectivity index (χ1) is 13.0. The molecule has 0 atom stereocenters. The third kappa shape index (κ3) is 5.80. The van der Waals surface area contributed by atoms with Gasteiger partial charge < -0.3 is 5.32 Å². The number of benzene rings is 2. The summed E-state index contributed by atoms with van der Waals surface area (Å²) in [5.41, 5.74) is 1.80. The molecular formula is C19H21F3N2O3S. The Morgan fingerprint density at radius 2 is 1.75 bits per heavy atom. The van der Waals surface area contributed by atoms with Crippen molar-refractivity contribution in [2.45, 2.75) is 31.5 Å². The Morgan fingerprint density at radius 1 is 1.11 bits per heavy atom. The second kappa shape index (κ2) is 8.74. The van der Waals surface area contributed by atoms with Crippen LogP contribution in [-0.4, -0.2) is 37.9 Å². The van der Waals surface area contributed by atoms with Crippen LogP contribution >= 0.6 is 0 Å². The standard InChI is InChI=1S/C19H21F3N2O3S/c1-3-24(12-15-6-4-5-14(2)11-15)28(26,27)17-9-7-16(8-10-17)18(25)23-13-19(20,21)22/h4-11H,3,12-13H2,1-2H3,(H,23,25). The van der Waals surface area contributed by atoms with Crippen LogP contribution in [0.15, 0.2) is 53.4 Å². The number of halogens is 3. The van der Waals surface area contributed by atoms with E-state index in [4.69, 9.17) is 0 Å². The Bertz CT molecular complexity index is 926. The molecule has 0 aliphatic rings. The molecule has 9 heteroatoms. The monoisotopic (exact) mass is 414 g/mol. The van der Waals surface area contributed by atoms with E-state index < -0.39 is 28.7 Å². The van der Waals surface area contributed by atoms with Crippen LogP contribution in [0.25, 0.3) is 0 Å². The van der Waals surface area contributed by atoms with Crippen molar-refractivity contribution in [1.82, 2.24) is 9.62 Å². The average molecular weight is 414 g/mol. The molecule has 0 heterocycles. The molecule has 0 aliphatic carbocycles. The number of nitrogens with one attached hydrogen (secondary N) is 1. The van der Waals surface area contributed by atoms with Gasteiger partial charge in [-0.1, -0.05) is 36.8 Å². The lowest BCUT2D eigenvalue weighted by molar-refractivity contribution is -0.123. The van der Waals surface area contributed by atoms with Gasteiger partial charge in [0.1, 0.15) is 6.54 Å². The first-order valence-electron chi connectivity index (χ1n) is 8.53. The SMILES string of the molecule is CCN(Cc1cccc(C)c1)S(=O)(=O)c1ccc(C(=O)NCC(F)(F)F)cc1. The second-order valence-electron chi connectivity index (χ2n) is 6.24. The molecule has 28 heavy (non-hydrogen) atoms. The van der Waals surface area contributed by atoms with Gasteiger partial charge in [0.25, 0.3) is 5.91 Å². The fraction of sp³-hybridized carbons (Fsp3) is 0.316. The van der Waals surface area contributed by atoms with Crippen molar-refractivity contribution >= 4 is 15.9 Å². The predicted octanol–water partition coefficient (Wildman–Crippen LogP) is 3.50. The fourth-order valence-electron chi connectivity index (χ4n) is 2.59. The molecule has 1 amide bonds. The maximum atomic E-state index is 12.9. The van der Waals surface area contributed by atoms with Crippen molar-refractivity contribution in [2.24, 2.45) is 0 Å². The normalized spacial score (nSPS) is 12.2. The lowest BCUT2D eigenvalue weighted by Gasteiger charge is -2.21. The molecule has 2 rings (SSSR count). The van der Waals surface area contributed by atoms with E-state index in [2.05, 4.69) is 0 Å². The number of rotatable bonds is 7. The summed E-state index contributed by atoms with van der Waals surface area (Å²) in [4.78, 5) is 11.7. The number of hydrogen-bond acceptors (Lipinski definition) is 3. The predicted molar refractivity (Wildman–Crippen MR) is 99.3 cm³/mol. The minimum atomic E-state index is -4.52. The average Bonchev–Trinajstić information content (AvgIpc) is 2.63. The van der Waals surface area contributed by atoms with Crippen LogP contribution in [0.1, 0.15) is 28.4 Å². The number of amides is 1. The smallest absolute Gasteiger partial charge is 0.343 e. The zero-order valence-electron chi connectivity index (χ0n) is 15.5. The van der Waals surface area contributed by atoms with Gasteiger partial charge in [0, 0.05) is 18.7 Å². The van der Waals surface area contributed by atoms with E-state index in [9.17, 15) is 26.4 Å². The highest BCUT2D eigenvalue weighted by Gasteiger charge is 2.28. The minimum Gasteiger partial charge on any atom is -0.343 e. The molecule has 2 aromatic carbocycles. The molecule has 152 valence electrons. The summed E-state index contributed by atoms with van der Waals surface area (Å²) in [6.45, 7) is 2.60. The van der Waals surface area contributed by atoms with E-state index >= 15 is 0 Å². The Labute approximate surface area is 162 Å². The summed E-state index contributed by atoms with van der Waals surface area (Å²) in [6, 6.07) is 12.3. The van der Waals surface area contributed by atoms with E-state index in [1.807, 2.05) is 31.2 Å². The van der Waals surface area contributed by atoms with E-state index in [0.29, 0.717) is 0 Å². The molecule has 2 aromatic rings. The van der Waals surface area contributed by atoms with Crippen molar-refractivity contribution < 1.29 is 26.4 Å². The summed E-state index contributed by atoms with van der Waals surface area (Å²) in [6.07, 6.45) is -4.52. The molecule has 0 fully saturated rings. The summed E-state index contributed by atoms with van der Waals surface area (Å²) in [7, 11) is -3.82. The molecule has 0 radical (unpaired) electrons. The maximum absolute atomic E-state index is 12.9. The van der Waals surface area contributed by atoms with Crippen LogP contribution in [-0.2, 0) is 16.6 Å². The zero-order chi connectivity index (χ0) is 20.9. The third-order valence-corrected chi connectivity index (χ3v) is 5.93. The van der Waals surface area contributed by atoms with Crippen LogP contribution in [0.2, 0.25) is 0 Å². The molecule has 0 unspecified atom stereocenters. The molecule has 0 aliphatic heterocycles. The van der Waals surface area contributed by atoms with Gasteiger partial charge in [-0.2, -0.15) is 17.5 Å². The van der Waals surface area contributed by atoms with Gasteiger partial charge in [0.15, 0.2) is 0 Å². The fourth-order valence-corrected chi connectivity index (χ4v) is 4.03. The molecule has 0 spiro atoms. The molecular weight excluding hydrogens is 393 g/mol. The lowest BCUT2D eigenvalue weighted by Crippen LogP contribution is -2.33. The Balaban J connectivity index is 2.16. The highest BCUT2D eigenvalue weighted by molar-refractivity contribution is 7.89. The van der Waals surface area contributed by atoms with Gasteiger partial charge in [-0.05, 0) is 36.8 Å². The van der Waals surface area contributed by atoms with Crippen LogP contribution in [0.3, 0.4) is 0 Å². The first-order valence-corrected chi connectivity index (χ1v) is 9.97. The number of hydrogen-bond donors (Lipinski definition) is 1. The maximum Gasteiger partial charge on any atom is 0.405 e. The largest absolute Gasteiger partial charge is 0.405 e. The van der Waals surface area contributed by atoms with Crippen molar-refractivity contribution in [3.63, 3.8) is 0 Å². The first kappa shape index (κ1) is 21.9. The van der Waals surface area contributed by atoms with Gasteiger partial charge in [-0.3, -0.25) is 4.79 Å². The lowest BCUT2D eigenvalue weighted by atomic mass is 10.1. The van der Waals surface area contributed by atoms with Crippen LogP contribution in [0.5, 0.6) is 0 Å². The number of alkyl halides is 3. The van der Waals surface area contributed by atoms with Gasteiger partial charge in [0.2, 0.25) is 10.0 Å². The highest BCUT2D eigenvalue weighted by Crippen LogP contribution is 2.20. The summed E-state index contributed by atoms with van der Waals surface area (Å²) < 4.78 is 63.6.